The van der Waals surface area contributed by atoms with Crippen LogP contribution in [0.1, 0.15) is 18.1 Å². The molecule has 3 atom stereocenters. The van der Waals surface area contributed by atoms with Crippen molar-refractivity contribution in [1.29, 1.82) is 0 Å². The van der Waals surface area contributed by atoms with Crippen LogP contribution in [-0.2, 0) is 32.1 Å². The van der Waals surface area contributed by atoms with Crippen LogP contribution in [0.3, 0.4) is 0 Å². The van der Waals surface area contributed by atoms with E-state index < -0.39 is 36.2 Å². The van der Waals surface area contributed by atoms with Gasteiger partial charge in [-0.25, -0.2) is 9.59 Å². The summed E-state index contributed by atoms with van der Waals surface area (Å²) < 4.78 is 10.0. The van der Waals surface area contributed by atoms with E-state index in [1.54, 1.807) is 12.1 Å². The number of ether oxygens (including phenoxy) is 2. The Hall–Kier alpha value is -3.91. The Bertz CT molecular complexity index is 1130. The van der Waals surface area contributed by atoms with Gasteiger partial charge in [-0.05, 0) is 28.8 Å². The molecule has 0 aromatic heterocycles. The van der Waals surface area contributed by atoms with Gasteiger partial charge in [0.25, 0.3) is 0 Å². The Balaban J connectivity index is 1.69. The van der Waals surface area contributed by atoms with Crippen LogP contribution < -0.4 is 10.6 Å². The van der Waals surface area contributed by atoms with Gasteiger partial charge in [0.2, 0.25) is 5.91 Å². The molecule has 0 heterocycles. The molecule has 0 saturated carbocycles. The molecule has 0 unspecified atom stereocenters. The van der Waals surface area contributed by atoms with Crippen LogP contribution in [0.2, 0.25) is 0 Å². The molecule has 3 N–H and O–H groups in total. The SMILES string of the molecule is COC(=O)[C@H](Cc1cccc2ccccc12)NC(=O)[C@@H](NC(=O)OCc1ccccc1)[C@@H](C)O. The van der Waals surface area contributed by atoms with Gasteiger partial charge >= 0.3 is 12.1 Å². The molecule has 3 aromatic carbocycles. The van der Waals surface area contributed by atoms with Crippen molar-refractivity contribution in [1.82, 2.24) is 10.6 Å². The van der Waals surface area contributed by atoms with Crippen molar-refractivity contribution in [3.8, 4) is 0 Å². The third-order valence-corrected chi connectivity index (χ3v) is 5.36. The number of rotatable bonds is 9. The van der Waals surface area contributed by atoms with Gasteiger partial charge in [-0.3, -0.25) is 4.79 Å². The third-order valence-electron chi connectivity index (χ3n) is 5.36. The number of aliphatic hydroxyl groups excluding tert-OH is 1. The summed E-state index contributed by atoms with van der Waals surface area (Å²) in [7, 11) is 1.23. The molecule has 0 radical (unpaired) electrons. The fraction of sp³-hybridized carbons (Fsp3) is 0.269. The summed E-state index contributed by atoms with van der Waals surface area (Å²) in [6.45, 7) is 1.37. The smallest absolute Gasteiger partial charge is 0.408 e. The van der Waals surface area contributed by atoms with E-state index >= 15 is 0 Å². The first-order valence-corrected chi connectivity index (χ1v) is 10.9. The van der Waals surface area contributed by atoms with E-state index in [2.05, 4.69) is 10.6 Å². The highest BCUT2D eigenvalue weighted by atomic mass is 16.5. The van der Waals surface area contributed by atoms with E-state index in [4.69, 9.17) is 9.47 Å². The fourth-order valence-corrected chi connectivity index (χ4v) is 3.58. The minimum absolute atomic E-state index is 0.00664. The number of nitrogens with one attached hydrogen (secondary N) is 2. The Labute approximate surface area is 197 Å². The summed E-state index contributed by atoms with van der Waals surface area (Å²) >= 11 is 0. The molecule has 0 aliphatic rings. The molecule has 8 heteroatoms. The lowest BCUT2D eigenvalue weighted by Gasteiger charge is -2.24. The van der Waals surface area contributed by atoms with Gasteiger partial charge < -0.3 is 25.2 Å². The average Bonchev–Trinajstić information content (AvgIpc) is 2.85. The summed E-state index contributed by atoms with van der Waals surface area (Å²) in [6, 6.07) is 20.1. The van der Waals surface area contributed by atoms with Crippen molar-refractivity contribution in [3.05, 3.63) is 83.9 Å². The van der Waals surface area contributed by atoms with E-state index in [1.165, 1.54) is 14.0 Å². The van der Waals surface area contributed by atoms with Crippen LogP contribution in [0.25, 0.3) is 10.8 Å². The standard InChI is InChI=1S/C26H28N2O6/c1-17(29)23(28-26(32)34-16-18-9-4-3-5-10-18)24(30)27-22(25(31)33-2)15-20-13-8-12-19-11-6-7-14-21(19)20/h3-14,17,22-23,29H,15-16H2,1-2H3,(H,27,30)(H,28,32)/t17-,22+,23+/m1/s1. The van der Waals surface area contributed by atoms with Crippen LogP contribution in [0.4, 0.5) is 4.79 Å². The van der Waals surface area contributed by atoms with Crippen LogP contribution >= 0.6 is 0 Å². The van der Waals surface area contributed by atoms with Crippen molar-refractivity contribution in [3.63, 3.8) is 0 Å². The van der Waals surface area contributed by atoms with Crippen molar-refractivity contribution in [2.45, 2.75) is 38.1 Å². The highest BCUT2D eigenvalue weighted by molar-refractivity contribution is 5.91. The summed E-state index contributed by atoms with van der Waals surface area (Å²) in [5, 5.41) is 17.0. The van der Waals surface area contributed by atoms with Crippen molar-refractivity contribution < 1.29 is 29.0 Å². The number of carbonyl (C=O) groups is 3. The Morgan fingerprint density at radius 1 is 0.912 bits per heavy atom. The van der Waals surface area contributed by atoms with Gasteiger partial charge in [0.1, 0.15) is 18.7 Å². The van der Waals surface area contributed by atoms with E-state index in [1.807, 2.05) is 60.7 Å². The number of hydrogen-bond acceptors (Lipinski definition) is 6. The predicted molar refractivity (Wildman–Crippen MR) is 127 cm³/mol. The Kier molecular flexibility index (Phi) is 8.59. The first kappa shape index (κ1) is 24.7. The van der Waals surface area contributed by atoms with E-state index in [9.17, 15) is 19.5 Å². The fourth-order valence-electron chi connectivity index (χ4n) is 3.58. The van der Waals surface area contributed by atoms with Crippen molar-refractivity contribution in [2.75, 3.05) is 7.11 Å². The number of hydrogen-bond donors (Lipinski definition) is 3. The normalized spacial score (nSPS) is 13.4. The highest BCUT2D eigenvalue weighted by Gasteiger charge is 2.31. The predicted octanol–water partition coefficient (Wildman–Crippen LogP) is 2.72. The zero-order valence-electron chi connectivity index (χ0n) is 19.1. The Morgan fingerprint density at radius 3 is 2.29 bits per heavy atom. The quantitative estimate of drug-likeness (QED) is 0.420. The summed E-state index contributed by atoms with van der Waals surface area (Å²) in [6.07, 6.45) is -1.93. The summed E-state index contributed by atoms with van der Waals surface area (Å²) in [5.41, 5.74) is 1.62. The van der Waals surface area contributed by atoms with Crippen LogP contribution in [-0.4, -0.2) is 48.4 Å². The molecule has 0 saturated heterocycles. The number of esters is 1. The molecule has 0 aliphatic heterocycles. The minimum atomic E-state index is -1.33. The second-order valence-electron chi connectivity index (χ2n) is 7.85. The molecule has 2 amide bonds. The number of aliphatic hydroxyl groups is 1. The van der Waals surface area contributed by atoms with E-state index in [0.29, 0.717) is 0 Å². The second-order valence-corrected chi connectivity index (χ2v) is 7.85. The van der Waals surface area contributed by atoms with E-state index in [0.717, 1.165) is 21.9 Å². The van der Waals surface area contributed by atoms with Crippen molar-refractivity contribution in [2.24, 2.45) is 0 Å². The lowest BCUT2D eigenvalue weighted by molar-refractivity contribution is -0.145. The van der Waals surface area contributed by atoms with Gasteiger partial charge in [0.15, 0.2) is 0 Å². The number of fused-ring (bicyclic) bond motifs is 1. The van der Waals surface area contributed by atoms with Crippen LogP contribution in [0.15, 0.2) is 72.8 Å². The first-order valence-electron chi connectivity index (χ1n) is 10.9. The van der Waals surface area contributed by atoms with Gasteiger partial charge in [-0.1, -0.05) is 72.8 Å². The molecular formula is C26H28N2O6. The summed E-state index contributed by atoms with van der Waals surface area (Å²) in [4.78, 5) is 37.6. The molecule has 0 spiro atoms. The number of amides is 2. The Morgan fingerprint density at radius 2 is 1.59 bits per heavy atom. The summed E-state index contributed by atoms with van der Waals surface area (Å²) in [5.74, 6) is -1.38. The first-order chi connectivity index (χ1) is 16.4. The number of alkyl carbamates (subject to hydrolysis) is 1. The monoisotopic (exact) mass is 464 g/mol. The maximum Gasteiger partial charge on any atom is 0.408 e. The van der Waals surface area contributed by atoms with Crippen LogP contribution in [0, 0.1) is 0 Å². The lowest BCUT2D eigenvalue weighted by atomic mass is 9.98. The maximum absolute atomic E-state index is 12.9. The molecule has 3 rings (SSSR count). The van der Waals surface area contributed by atoms with Crippen molar-refractivity contribution >= 4 is 28.7 Å². The second kappa shape index (κ2) is 11.8. The molecular weight excluding hydrogens is 436 g/mol. The number of benzene rings is 3. The molecule has 178 valence electrons. The number of methoxy groups -OCH3 is 1. The zero-order chi connectivity index (χ0) is 24.5. The largest absolute Gasteiger partial charge is 0.467 e. The lowest BCUT2D eigenvalue weighted by Crippen LogP contribution is -2.56. The maximum atomic E-state index is 12.9. The molecule has 0 aliphatic carbocycles. The molecule has 0 fully saturated rings. The average molecular weight is 465 g/mol. The third kappa shape index (κ3) is 6.55. The van der Waals surface area contributed by atoms with Crippen LogP contribution in [0.5, 0.6) is 0 Å². The topological polar surface area (TPSA) is 114 Å². The van der Waals surface area contributed by atoms with Gasteiger partial charge in [0, 0.05) is 6.42 Å². The molecule has 8 nitrogen and oxygen atoms in total. The molecule has 0 bridgehead atoms. The number of carbonyl (C=O) groups excluding carboxylic acids is 3. The zero-order valence-corrected chi connectivity index (χ0v) is 19.1. The van der Waals surface area contributed by atoms with Gasteiger partial charge in [0.05, 0.1) is 13.2 Å². The van der Waals surface area contributed by atoms with Gasteiger partial charge in [-0.2, -0.15) is 0 Å². The van der Waals surface area contributed by atoms with Gasteiger partial charge in [-0.15, -0.1) is 0 Å². The highest BCUT2D eigenvalue weighted by Crippen LogP contribution is 2.20. The molecule has 3 aromatic rings. The molecule has 34 heavy (non-hydrogen) atoms. The van der Waals surface area contributed by atoms with E-state index in [-0.39, 0.29) is 13.0 Å². The minimum Gasteiger partial charge on any atom is -0.467 e.